The van der Waals surface area contributed by atoms with Crippen LogP contribution in [0.15, 0.2) is 57.6 Å². The Morgan fingerprint density at radius 1 is 1.25 bits per heavy atom. The van der Waals surface area contributed by atoms with E-state index in [0.717, 1.165) is 11.6 Å². The van der Waals surface area contributed by atoms with Crippen LogP contribution >= 0.6 is 11.8 Å². The van der Waals surface area contributed by atoms with E-state index in [2.05, 4.69) is 15.5 Å². The van der Waals surface area contributed by atoms with Crippen molar-refractivity contribution in [2.24, 2.45) is 16.1 Å². The van der Waals surface area contributed by atoms with E-state index in [1.54, 1.807) is 12.1 Å². The zero-order valence-electron chi connectivity index (χ0n) is 17.4. The topological polar surface area (TPSA) is 140 Å². The van der Waals surface area contributed by atoms with Crippen LogP contribution in [0.1, 0.15) is 25.0 Å². The van der Waals surface area contributed by atoms with Gasteiger partial charge >= 0.3 is 10.1 Å². The number of nitro benzene ring substituents is 1. The maximum Gasteiger partial charge on any atom is 0.339 e. The van der Waals surface area contributed by atoms with Gasteiger partial charge in [-0.2, -0.15) is 13.5 Å². The van der Waals surface area contributed by atoms with Gasteiger partial charge < -0.3 is 9.50 Å². The molecule has 168 valence electrons. The Kier molecular flexibility index (Phi) is 6.94. The normalized spacial score (nSPS) is 17.8. The number of rotatable bonds is 7. The van der Waals surface area contributed by atoms with Gasteiger partial charge in [0.15, 0.2) is 10.9 Å². The van der Waals surface area contributed by atoms with Gasteiger partial charge in [-0.25, -0.2) is 0 Å². The SMILES string of the molecule is Cc1ccc(OS(=O)(=O)c2cccc([N+](=O)[O-])c2)c(C=NN=C2NC(=O)[C@@H](C(C)C)S2)c1. The zero-order chi connectivity index (χ0) is 23.5. The van der Waals surface area contributed by atoms with Crippen molar-refractivity contribution in [1.29, 1.82) is 0 Å². The van der Waals surface area contributed by atoms with Crippen molar-refractivity contribution < 1.29 is 22.3 Å². The maximum atomic E-state index is 12.7. The summed E-state index contributed by atoms with van der Waals surface area (Å²) < 4.78 is 30.6. The Morgan fingerprint density at radius 2 is 2.00 bits per heavy atom. The van der Waals surface area contributed by atoms with E-state index in [1.165, 1.54) is 42.2 Å². The van der Waals surface area contributed by atoms with Crippen molar-refractivity contribution in [1.82, 2.24) is 5.32 Å². The number of nitro groups is 1. The van der Waals surface area contributed by atoms with E-state index in [0.29, 0.717) is 10.7 Å². The first-order valence-corrected chi connectivity index (χ1v) is 11.7. The number of thioether (sulfide) groups is 1. The number of non-ortho nitro benzene ring substituents is 1. The van der Waals surface area contributed by atoms with Crippen LogP contribution in [0.4, 0.5) is 5.69 Å². The lowest BCUT2D eigenvalue weighted by Crippen LogP contribution is -2.27. The second-order valence-corrected chi connectivity index (χ2v) is 9.93. The number of amides is 1. The molecule has 32 heavy (non-hydrogen) atoms. The fourth-order valence-corrected chi connectivity index (χ4v) is 4.70. The fraction of sp³-hybridized carbons (Fsp3) is 0.250. The standard InChI is InChI=1S/C20H20N4O6S2/c1-12(2)18-19(25)22-20(31-18)23-21-11-14-9-13(3)7-8-17(14)30-32(28,29)16-6-4-5-15(10-16)24(26)27/h4-12,18H,1-3H3,(H,22,23,25)/t18-/m1/s1. The summed E-state index contributed by atoms with van der Waals surface area (Å²) in [6.07, 6.45) is 1.31. The van der Waals surface area contributed by atoms with Gasteiger partial charge in [0, 0.05) is 17.7 Å². The van der Waals surface area contributed by atoms with Gasteiger partial charge in [-0.1, -0.05) is 43.3 Å². The van der Waals surface area contributed by atoms with Gasteiger partial charge in [0.1, 0.15) is 4.90 Å². The third-order valence-electron chi connectivity index (χ3n) is 4.36. The molecule has 0 saturated carbocycles. The molecule has 1 atom stereocenters. The average Bonchev–Trinajstić information content (AvgIpc) is 3.10. The Balaban J connectivity index is 1.85. The minimum Gasteiger partial charge on any atom is -0.378 e. The predicted molar refractivity (Wildman–Crippen MR) is 121 cm³/mol. The van der Waals surface area contributed by atoms with Crippen molar-refractivity contribution >= 4 is 44.9 Å². The molecule has 1 saturated heterocycles. The smallest absolute Gasteiger partial charge is 0.339 e. The number of benzene rings is 2. The second kappa shape index (κ2) is 9.49. The van der Waals surface area contributed by atoms with E-state index in [1.807, 2.05) is 20.8 Å². The van der Waals surface area contributed by atoms with Crippen LogP contribution in [0.3, 0.4) is 0 Å². The molecule has 1 amide bonds. The molecule has 0 unspecified atom stereocenters. The molecule has 0 aromatic heterocycles. The summed E-state index contributed by atoms with van der Waals surface area (Å²) in [7, 11) is -4.33. The highest BCUT2D eigenvalue weighted by Crippen LogP contribution is 2.27. The van der Waals surface area contributed by atoms with Crippen LogP contribution in [0, 0.1) is 23.0 Å². The molecule has 1 heterocycles. The first-order valence-electron chi connectivity index (χ1n) is 9.45. The third-order valence-corrected chi connectivity index (χ3v) is 7.01. The maximum absolute atomic E-state index is 12.7. The van der Waals surface area contributed by atoms with E-state index >= 15 is 0 Å². The third kappa shape index (κ3) is 5.51. The van der Waals surface area contributed by atoms with Crippen molar-refractivity contribution in [3.63, 3.8) is 0 Å². The van der Waals surface area contributed by atoms with Gasteiger partial charge in [0.2, 0.25) is 5.91 Å². The van der Waals surface area contributed by atoms with E-state index < -0.39 is 15.0 Å². The molecule has 3 rings (SSSR count). The molecule has 1 aliphatic rings. The van der Waals surface area contributed by atoms with E-state index in [-0.39, 0.29) is 33.4 Å². The number of amidine groups is 1. The zero-order valence-corrected chi connectivity index (χ0v) is 19.0. The highest BCUT2D eigenvalue weighted by molar-refractivity contribution is 8.15. The van der Waals surface area contributed by atoms with Crippen molar-refractivity contribution in [2.45, 2.75) is 30.9 Å². The van der Waals surface area contributed by atoms with E-state index in [4.69, 9.17) is 4.18 Å². The van der Waals surface area contributed by atoms with Crippen LogP contribution in [0.5, 0.6) is 5.75 Å². The largest absolute Gasteiger partial charge is 0.378 e. The molecule has 2 aromatic rings. The number of carbonyl (C=O) groups is 1. The lowest BCUT2D eigenvalue weighted by Gasteiger charge is -2.10. The summed E-state index contributed by atoms with van der Waals surface area (Å²) >= 11 is 1.27. The molecule has 12 heteroatoms. The Morgan fingerprint density at radius 3 is 2.66 bits per heavy atom. The first-order chi connectivity index (χ1) is 15.1. The number of aryl methyl sites for hydroxylation is 1. The number of nitrogens with zero attached hydrogens (tertiary/aromatic N) is 3. The van der Waals surface area contributed by atoms with E-state index in [9.17, 15) is 23.3 Å². The van der Waals surface area contributed by atoms with Crippen molar-refractivity contribution in [3.05, 3.63) is 63.7 Å². The molecule has 0 bridgehead atoms. The van der Waals surface area contributed by atoms with Gasteiger partial charge in [0.25, 0.3) is 5.69 Å². The quantitative estimate of drug-likeness (QED) is 0.280. The minimum absolute atomic E-state index is 0.0192. The molecule has 0 radical (unpaired) electrons. The summed E-state index contributed by atoms with van der Waals surface area (Å²) in [6, 6.07) is 9.35. The second-order valence-electron chi connectivity index (χ2n) is 7.25. The average molecular weight is 477 g/mol. The van der Waals surface area contributed by atoms with Gasteiger partial charge in [-0.3, -0.25) is 14.9 Å². The number of nitrogens with one attached hydrogen (secondary N) is 1. The molecule has 2 aromatic carbocycles. The Hall–Kier alpha value is -3.25. The van der Waals surface area contributed by atoms with Crippen molar-refractivity contribution in [3.8, 4) is 5.75 Å². The number of carbonyl (C=O) groups excluding carboxylic acids is 1. The van der Waals surface area contributed by atoms with Crippen LogP contribution < -0.4 is 9.50 Å². The van der Waals surface area contributed by atoms with Crippen LogP contribution in [0.2, 0.25) is 0 Å². The molecule has 1 aliphatic heterocycles. The minimum atomic E-state index is -4.33. The van der Waals surface area contributed by atoms with Crippen LogP contribution in [-0.4, -0.2) is 35.9 Å². The summed E-state index contributed by atoms with van der Waals surface area (Å²) in [5, 5.41) is 21.7. The Bertz CT molecular complexity index is 1220. The molecule has 1 N–H and O–H groups in total. The lowest BCUT2D eigenvalue weighted by molar-refractivity contribution is -0.385. The Labute approximate surface area is 189 Å². The van der Waals surface area contributed by atoms with Gasteiger partial charge in [-0.15, -0.1) is 5.10 Å². The predicted octanol–water partition coefficient (Wildman–Crippen LogP) is 3.25. The lowest BCUT2D eigenvalue weighted by atomic mass is 10.1. The molecule has 10 nitrogen and oxygen atoms in total. The molecule has 1 fully saturated rings. The van der Waals surface area contributed by atoms with Crippen LogP contribution in [-0.2, 0) is 14.9 Å². The fourth-order valence-electron chi connectivity index (χ4n) is 2.77. The monoisotopic (exact) mass is 476 g/mol. The highest BCUT2D eigenvalue weighted by atomic mass is 32.2. The number of hydrogen-bond donors (Lipinski definition) is 1. The van der Waals surface area contributed by atoms with Crippen molar-refractivity contribution in [2.75, 3.05) is 0 Å². The highest BCUT2D eigenvalue weighted by Gasteiger charge is 2.32. The molecular weight excluding hydrogens is 456 g/mol. The van der Waals surface area contributed by atoms with Gasteiger partial charge in [-0.05, 0) is 31.0 Å². The summed E-state index contributed by atoms with van der Waals surface area (Å²) in [6.45, 7) is 5.67. The summed E-state index contributed by atoms with van der Waals surface area (Å²) in [4.78, 5) is 21.8. The first kappa shape index (κ1) is 23.4. The molecule has 0 spiro atoms. The summed E-state index contributed by atoms with van der Waals surface area (Å²) in [5.41, 5.74) is 0.785. The summed E-state index contributed by atoms with van der Waals surface area (Å²) in [5.74, 6) is -0.0247. The van der Waals surface area contributed by atoms with Crippen LogP contribution in [0.25, 0.3) is 0 Å². The molecular formula is C20H20N4O6S2. The molecule has 0 aliphatic carbocycles. The van der Waals surface area contributed by atoms with Gasteiger partial charge in [0.05, 0.1) is 16.4 Å². The number of hydrogen-bond acceptors (Lipinski definition) is 9.